The van der Waals surface area contributed by atoms with Crippen molar-refractivity contribution in [1.29, 1.82) is 0 Å². The average Bonchev–Trinajstić information content (AvgIpc) is 3.35. The Morgan fingerprint density at radius 1 is 0.946 bits per heavy atom. The lowest BCUT2D eigenvalue weighted by molar-refractivity contribution is -0.141. The molecule has 37 heavy (non-hydrogen) atoms. The lowest BCUT2D eigenvalue weighted by atomic mass is 9.98. The summed E-state index contributed by atoms with van der Waals surface area (Å²) >= 11 is 3.54. The standard InChI is InChI=1S/C29H22BrN5O2/c1-16-8-10-19(11-9-16)17(2)26-18(3)33-35(29(26)37)25(36)15-34-24-13-12-20(30)14-21(24)27-28(34)32-23-7-5-4-6-22(23)31-27/h4-14H,15H2,1-3H3/b26-17-. The molecule has 182 valence electrons. The number of hydrogen-bond donors (Lipinski definition) is 0. The van der Waals surface area contributed by atoms with Crippen LogP contribution in [0.4, 0.5) is 0 Å². The SMILES string of the molecule is CC1=NN(C(=O)Cn2c3ccc(Br)cc3c3nc4ccccc4nc32)C(=O)/C1=C(/C)c1ccc(C)cc1. The Morgan fingerprint density at radius 3 is 2.38 bits per heavy atom. The maximum atomic E-state index is 13.5. The maximum Gasteiger partial charge on any atom is 0.283 e. The molecule has 0 unspecified atom stereocenters. The van der Waals surface area contributed by atoms with E-state index in [9.17, 15) is 9.59 Å². The van der Waals surface area contributed by atoms with Crippen molar-refractivity contribution < 1.29 is 9.59 Å². The number of nitrogens with zero attached hydrogens (tertiary/aromatic N) is 5. The van der Waals surface area contributed by atoms with Gasteiger partial charge in [-0.1, -0.05) is 57.9 Å². The van der Waals surface area contributed by atoms with E-state index in [0.29, 0.717) is 22.4 Å². The van der Waals surface area contributed by atoms with Gasteiger partial charge in [0.15, 0.2) is 5.65 Å². The number of aromatic nitrogens is 3. The molecular formula is C29H22BrN5O2. The van der Waals surface area contributed by atoms with Gasteiger partial charge in [-0.3, -0.25) is 9.59 Å². The Balaban J connectivity index is 1.42. The second-order valence-corrected chi connectivity index (χ2v) is 10.1. The fourth-order valence-corrected chi connectivity index (χ4v) is 5.19. The van der Waals surface area contributed by atoms with Gasteiger partial charge in [0.25, 0.3) is 11.8 Å². The maximum absolute atomic E-state index is 13.5. The molecule has 3 aromatic carbocycles. The third-order valence-electron chi connectivity index (χ3n) is 6.72. The number of rotatable bonds is 3. The minimum Gasteiger partial charge on any atom is -0.314 e. The first-order valence-corrected chi connectivity index (χ1v) is 12.7. The molecule has 2 aromatic heterocycles. The van der Waals surface area contributed by atoms with Crippen LogP contribution < -0.4 is 0 Å². The van der Waals surface area contributed by atoms with Gasteiger partial charge < -0.3 is 4.57 Å². The van der Waals surface area contributed by atoms with Crippen LogP contribution in [0.15, 0.2) is 81.9 Å². The molecule has 1 aliphatic heterocycles. The zero-order chi connectivity index (χ0) is 25.8. The van der Waals surface area contributed by atoms with Gasteiger partial charge in [0, 0.05) is 9.86 Å². The molecule has 8 heteroatoms. The van der Waals surface area contributed by atoms with Crippen molar-refractivity contribution in [1.82, 2.24) is 19.5 Å². The van der Waals surface area contributed by atoms with Crippen molar-refractivity contribution in [2.24, 2.45) is 5.10 Å². The quantitative estimate of drug-likeness (QED) is 0.256. The topological polar surface area (TPSA) is 80.5 Å². The van der Waals surface area contributed by atoms with Crippen molar-refractivity contribution in [3.8, 4) is 0 Å². The van der Waals surface area contributed by atoms with Crippen LogP contribution in [0.3, 0.4) is 0 Å². The Bertz CT molecular complexity index is 1830. The fraction of sp³-hybridized carbons (Fsp3) is 0.138. The highest BCUT2D eigenvalue weighted by molar-refractivity contribution is 9.10. The number of carbonyl (C=O) groups is 2. The lowest BCUT2D eigenvalue weighted by Crippen LogP contribution is -2.32. The van der Waals surface area contributed by atoms with E-state index in [1.807, 2.05) is 85.1 Å². The minimum absolute atomic E-state index is 0.103. The number of hydrogen-bond acceptors (Lipinski definition) is 5. The smallest absolute Gasteiger partial charge is 0.283 e. The molecule has 1 aliphatic rings. The van der Waals surface area contributed by atoms with E-state index in [2.05, 4.69) is 21.0 Å². The first-order valence-electron chi connectivity index (χ1n) is 11.9. The monoisotopic (exact) mass is 551 g/mol. The molecule has 7 nitrogen and oxygen atoms in total. The number of amides is 2. The second kappa shape index (κ2) is 8.74. The summed E-state index contributed by atoms with van der Waals surface area (Å²) in [6, 6.07) is 21.4. The molecule has 0 saturated heterocycles. The molecular weight excluding hydrogens is 530 g/mol. The first kappa shape index (κ1) is 23.2. The van der Waals surface area contributed by atoms with Crippen molar-refractivity contribution >= 4 is 72.1 Å². The number of hydrazone groups is 1. The predicted octanol–water partition coefficient (Wildman–Crippen LogP) is 6.03. The summed E-state index contributed by atoms with van der Waals surface area (Å²) in [6.45, 7) is 5.55. The van der Waals surface area contributed by atoms with Crippen LogP contribution >= 0.6 is 15.9 Å². The number of carbonyl (C=O) groups excluding carboxylic acids is 2. The van der Waals surface area contributed by atoms with Gasteiger partial charge in [0.2, 0.25) is 0 Å². The summed E-state index contributed by atoms with van der Waals surface area (Å²) in [6.07, 6.45) is 0. The van der Waals surface area contributed by atoms with Crippen LogP contribution in [0.2, 0.25) is 0 Å². The van der Waals surface area contributed by atoms with Gasteiger partial charge in [-0.15, -0.1) is 0 Å². The Kier molecular flexibility index (Phi) is 5.49. The van der Waals surface area contributed by atoms with Crippen molar-refractivity contribution in [3.63, 3.8) is 0 Å². The number of benzene rings is 3. The van der Waals surface area contributed by atoms with E-state index in [1.54, 1.807) is 6.92 Å². The third-order valence-corrected chi connectivity index (χ3v) is 7.21. The highest BCUT2D eigenvalue weighted by Crippen LogP contribution is 2.31. The molecule has 6 rings (SSSR count). The summed E-state index contributed by atoms with van der Waals surface area (Å²) in [5, 5.41) is 6.21. The molecule has 2 amide bonds. The minimum atomic E-state index is -0.437. The van der Waals surface area contributed by atoms with E-state index in [0.717, 1.165) is 48.1 Å². The summed E-state index contributed by atoms with van der Waals surface area (Å²) in [5.74, 6) is -0.853. The number of aryl methyl sites for hydroxylation is 1. The fourth-order valence-electron chi connectivity index (χ4n) is 4.82. The predicted molar refractivity (Wildman–Crippen MR) is 149 cm³/mol. The Morgan fingerprint density at radius 2 is 1.65 bits per heavy atom. The van der Waals surface area contributed by atoms with Crippen molar-refractivity contribution in [3.05, 3.63) is 87.9 Å². The summed E-state index contributed by atoms with van der Waals surface area (Å²) in [7, 11) is 0. The Labute approximate surface area is 221 Å². The Hall–Kier alpha value is -4.17. The highest BCUT2D eigenvalue weighted by Gasteiger charge is 2.34. The zero-order valence-corrected chi connectivity index (χ0v) is 22.1. The van der Waals surface area contributed by atoms with Gasteiger partial charge in [-0.25, -0.2) is 9.97 Å². The summed E-state index contributed by atoms with van der Waals surface area (Å²) in [4.78, 5) is 36.6. The first-order chi connectivity index (χ1) is 17.8. The van der Waals surface area contributed by atoms with Crippen LogP contribution in [0, 0.1) is 6.92 Å². The molecule has 0 saturated carbocycles. The van der Waals surface area contributed by atoms with Crippen LogP contribution in [-0.4, -0.2) is 37.1 Å². The second-order valence-electron chi connectivity index (χ2n) is 9.19. The largest absolute Gasteiger partial charge is 0.314 e. The number of para-hydroxylation sites is 2. The number of halogens is 1. The average molecular weight is 552 g/mol. The number of allylic oxidation sites excluding steroid dienone is 1. The lowest BCUT2D eigenvalue weighted by Gasteiger charge is -2.13. The number of imide groups is 1. The van der Waals surface area contributed by atoms with Crippen LogP contribution in [0.5, 0.6) is 0 Å². The molecule has 5 aromatic rings. The van der Waals surface area contributed by atoms with Gasteiger partial charge in [0.1, 0.15) is 12.1 Å². The van der Waals surface area contributed by atoms with E-state index in [1.165, 1.54) is 0 Å². The van der Waals surface area contributed by atoms with Crippen LogP contribution in [0.1, 0.15) is 25.0 Å². The normalized spacial score (nSPS) is 15.2. The van der Waals surface area contributed by atoms with Crippen LogP contribution in [-0.2, 0) is 16.1 Å². The highest BCUT2D eigenvalue weighted by atomic mass is 79.9. The third kappa shape index (κ3) is 3.84. The molecule has 3 heterocycles. The molecule has 0 aliphatic carbocycles. The van der Waals surface area contributed by atoms with Crippen molar-refractivity contribution in [2.75, 3.05) is 0 Å². The van der Waals surface area contributed by atoms with Gasteiger partial charge >= 0.3 is 0 Å². The van der Waals surface area contributed by atoms with E-state index in [-0.39, 0.29) is 6.54 Å². The molecule has 0 radical (unpaired) electrons. The molecule has 0 atom stereocenters. The van der Waals surface area contributed by atoms with E-state index < -0.39 is 11.8 Å². The number of fused-ring (bicyclic) bond motifs is 4. The molecule has 0 bridgehead atoms. The zero-order valence-electron chi connectivity index (χ0n) is 20.5. The molecule has 0 fully saturated rings. The molecule has 0 spiro atoms. The molecule has 0 N–H and O–H groups in total. The van der Waals surface area contributed by atoms with Gasteiger partial charge in [-0.2, -0.15) is 10.1 Å². The summed E-state index contributed by atoms with van der Waals surface area (Å²) < 4.78 is 2.71. The van der Waals surface area contributed by atoms with E-state index >= 15 is 0 Å². The van der Waals surface area contributed by atoms with Crippen LogP contribution in [0.25, 0.3) is 38.7 Å². The summed E-state index contributed by atoms with van der Waals surface area (Å²) in [5.41, 5.74) is 7.42. The van der Waals surface area contributed by atoms with Gasteiger partial charge in [0.05, 0.1) is 27.8 Å². The van der Waals surface area contributed by atoms with Crippen molar-refractivity contribution in [2.45, 2.75) is 27.3 Å². The van der Waals surface area contributed by atoms with Gasteiger partial charge in [-0.05, 0) is 62.2 Å². The van der Waals surface area contributed by atoms with E-state index in [4.69, 9.17) is 9.97 Å².